The van der Waals surface area contributed by atoms with E-state index in [4.69, 9.17) is 15.2 Å². The molecule has 0 unspecified atom stereocenters. The first-order valence-electron chi connectivity index (χ1n) is 6.87. The Bertz CT molecular complexity index is 632. The maximum atomic E-state index is 12.0. The van der Waals surface area contributed by atoms with Crippen molar-refractivity contribution < 1.29 is 29.2 Å². The lowest BCUT2D eigenvalue weighted by atomic mass is 10.1. The Hall–Kier alpha value is -2.01. The Kier molecular flexibility index (Phi) is 5.31. The lowest BCUT2D eigenvalue weighted by molar-refractivity contribution is -0.152. The van der Waals surface area contributed by atoms with Crippen molar-refractivity contribution in [1.82, 2.24) is 9.55 Å². The smallest absolute Gasteiger partial charge is 0.351 e. The molecule has 10 heteroatoms. The molecule has 128 valence electrons. The number of esters is 1. The summed E-state index contributed by atoms with van der Waals surface area (Å²) in [7, 11) is 1.19. The van der Waals surface area contributed by atoms with Crippen LogP contribution in [0.25, 0.3) is 0 Å². The molecule has 10 nitrogen and oxygen atoms in total. The number of hydrogen-bond donors (Lipinski definition) is 3. The molecule has 0 bridgehead atoms. The number of nitrogens with zero attached hydrogens (tertiary/aromatic N) is 2. The van der Waals surface area contributed by atoms with Gasteiger partial charge in [-0.05, 0) is 6.92 Å². The summed E-state index contributed by atoms with van der Waals surface area (Å²) in [6.07, 6.45) is -2.91. The van der Waals surface area contributed by atoms with Gasteiger partial charge in [-0.3, -0.25) is 4.57 Å². The first-order chi connectivity index (χ1) is 10.9. The van der Waals surface area contributed by atoms with Gasteiger partial charge in [0.2, 0.25) is 0 Å². The fourth-order valence-electron chi connectivity index (χ4n) is 2.26. The summed E-state index contributed by atoms with van der Waals surface area (Å²) in [6, 6.07) is 0. The number of aliphatic hydroxyl groups excluding tert-OH is 2. The van der Waals surface area contributed by atoms with Gasteiger partial charge >= 0.3 is 11.7 Å². The zero-order valence-corrected chi connectivity index (χ0v) is 12.7. The maximum Gasteiger partial charge on any atom is 0.351 e. The summed E-state index contributed by atoms with van der Waals surface area (Å²) in [5, 5.41) is 19.4. The highest BCUT2D eigenvalue weighted by Crippen LogP contribution is 2.31. The van der Waals surface area contributed by atoms with Gasteiger partial charge in [-0.1, -0.05) is 0 Å². The van der Waals surface area contributed by atoms with Crippen molar-refractivity contribution in [3.63, 3.8) is 0 Å². The molecule has 1 aromatic rings. The number of carbonyl (C=O) groups excluding carboxylic acids is 1. The number of rotatable bonds is 5. The summed E-state index contributed by atoms with van der Waals surface area (Å²) in [5.74, 6) is -0.571. The van der Waals surface area contributed by atoms with E-state index >= 15 is 0 Å². The molecule has 0 saturated carbocycles. The van der Waals surface area contributed by atoms with Gasteiger partial charge in [0.1, 0.15) is 30.7 Å². The number of carbonyl (C=O) groups is 1. The molecule has 2 heterocycles. The molecular formula is C13H19N3O7. The summed E-state index contributed by atoms with van der Waals surface area (Å²) in [4.78, 5) is 26.9. The third-order valence-electron chi connectivity index (χ3n) is 3.56. The average Bonchev–Trinajstić information content (AvgIpc) is 2.84. The van der Waals surface area contributed by atoms with Crippen LogP contribution in [0.5, 0.6) is 0 Å². The Morgan fingerprint density at radius 2 is 2.26 bits per heavy atom. The minimum atomic E-state index is -1.24. The summed E-state index contributed by atoms with van der Waals surface area (Å²) in [5.41, 5.74) is 5.40. The fourth-order valence-corrected chi connectivity index (χ4v) is 2.26. The predicted molar refractivity (Wildman–Crippen MR) is 76.4 cm³/mol. The average molecular weight is 329 g/mol. The fraction of sp³-hybridized carbons (Fsp3) is 0.615. The summed E-state index contributed by atoms with van der Waals surface area (Å²) in [6.45, 7) is 0.732. The van der Waals surface area contributed by atoms with Crippen molar-refractivity contribution in [3.05, 3.63) is 22.2 Å². The van der Waals surface area contributed by atoms with Crippen LogP contribution in [-0.2, 0) is 19.0 Å². The van der Waals surface area contributed by atoms with Crippen LogP contribution in [0.4, 0.5) is 5.82 Å². The van der Waals surface area contributed by atoms with E-state index < -0.39 is 49.4 Å². The minimum Gasteiger partial charge on any atom is -0.467 e. The number of hydrogen-bond acceptors (Lipinski definition) is 9. The van der Waals surface area contributed by atoms with Gasteiger partial charge in [0, 0.05) is 11.8 Å². The van der Waals surface area contributed by atoms with E-state index in [0.29, 0.717) is 5.56 Å². The second-order valence-corrected chi connectivity index (χ2v) is 5.09. The molecule has 0 radical (unpaired) electrons. The van der Waals surface area contributed by atoms with E-state index in [-0.39, 0.29) is 5.82 Å². The predicted octanol–water partition coefficient (Wildman–Crippen LogP) is -2.06. The Labute approximate surface area is 131 Å². The molecule has 0 aromatic carbocycles. The zero-order chi connectivity index (χ0) is 17.1. The van der Waals surface area contributed by atoms with Crippen LogP contribution in [0, 0.1) is 6.92 Å². The van der Waals surface area contributed by atoms with Crippen molar-refractivity contribution in [2.45, 2.75) is 31.5 Å². The van der Waals surface area contributed by atoms with Gasteiger partial charge in [-0.15, -0.1) is 0 Å². The van der Waals surface area contributed by atoms with Crippen LogP contribution in [-0.4, -0.2) is 64.4 Å². The van der Waals surface area contributed by atoms with E-state index in [1.165, 1.54) is 13.3 Å². The van der Waals surface area contributed by atoms with E-state index in [1.54, 1.807) is 6.92 Å². The number of ether oxygens (including phenoxy) is 3. The molecule has 4 N–H and O–H groups in total. The number of methoxy groups -OCH3 is 1. The molecule has 2 rings (SSSR count). The first kappa shape index (κ1) is 17.3. The molecule has 0 amide bonds. The second kappa shape index (κ2) is 7.04. The first-order valence-corrected chi connectivity index (χ1v) is 6.87. The van der Waals surface area contributed by atoms with E-state index in [0.717, 1.165) is 4.57 Å². The molecule has 1 aliphatic heterocycles. The molecule has 1 saturated heterocycles. The SMILES string of the molecule is COC(=O)CO[C@@H]1[C@H](O)[C@@H](CO)O[C@H]1n1cc(C)c(N)nc1=O. The number of nitrogens with two attached hydrogens (primary N) is 1. The third-order valence-corrected chi connectivity index (χ3v) is 3.56. The van der Waals surface area contributed by atoms with Crippen molar-refractivity contribution in [3.8, 4) is 0 Å². The highest BCUT2D eigenvalue weighted by atomic mass is 16.6. The summed E-state index contributed by atoms with van der Waals surface area (Å²) >= 11 is 0. The quantitative estimate of drug-likeness (QED) is 0.519. The minimum absolute atomic E-state index is 0.0792. The molecule has 1 aliphatic rings. The monoisotopic (exact) mass is 329 g/mol. The van der Waals surface area contributed by atoms with Crippen LogP contribution in [0.1, 0.15) is 11.8 Å². The Balaban J connectivity index is 2.31. The summed E-state index contributed by atoms with van der Waals surface area (Å²) < 4.78 is 16.3. The number of aryl methyl sites for hydroxylation is 1. The van der Waals surface area contributed by atoms with Gasteiger partial charge in [0.05, 0.1) is 13.7 Å². The molecule has 23 heavy (non-hydrogen) atoms. The third kappa shape index (κ3) is 3.50. The maximum absolute atomic E-state index is 12.0. The van der Waals surface area contributed by atoms with E-state index in [9.17, 15) is 19.8 Å². The number of aliphatic hydroxyl groups is 2. The Morgan fingerprint density at radius 1 is 1.57 bits per heavy atom. The normalized spacial score (nSPS) is 27.1. The van der Waals surface area contributed by atoms with Crippen LogP contribution in [0.3, 0.4) is 0 Å². The van der Waals surface area contributed by atoms with Crippen LogP contribution in [0.2, 0.25) is 0 Å². The molecule has 1 fully saturated rings. The molecule has 0 spiro atoms. The molecule has 1 aromatic heterocycles. The van der Waals surface area contributed by atoms with Gasteiger partial charge < -0.3 is 30.2 Å². The largest absolute Gasteiger partial charge is 0.467 e. The highest BCUT2D eigenvalue weighted by Gasteiger charge is 2.46. The molecule has 4 atom stereocenters. The van der Waals surface area contributed by atoms with E-state index in [1.807, 2.05) is 0 Å². The molecular weight excluding hydrogens is 310 g/mol. The number of aromatic nitrogens is 2. The van der Waals surface area contributed by atoms with Gasteiger partial charge in [-0.2, -0.15) is 4.98 Å². The second-order valence-electron chi connectivity index (χ2n) is 5.09. The van der Waals surface area contributed by atoms with Gasteiger partial charge in [0.15, 0.2) is 6.23 Å². The van der Waals surface area contributed by atoms with Crippen molar-refractivity contribution >= 4 is 11.8 Å². The standard InChI is InChI=1S/C13H19N3O7/c1-6-3-16(13(20)15-11(6)14)12-10(22-5-8(18)21-2)9(19)7(4-17)23-12/h3,7,9-10,12,17,19H,4-5H2,1-2H3,(H2,14,15,20)/t7-,9-,10-,12-/m1/s1. The van der Waals surface area contributed by atoms with Crippen LogP contribution in [0.15, 0.2) is 11.0 Å². The van der Waals surface area contributed by atoms with Crippen LogP contribution < -0.4 is 11.4 Å². The van der Waals surface area contributed by atoms with E-state index in [2.05, 4.69) is 9.72 Å². The van der Waals surface area contributed by atoms with Crippen molar-refractivity contribution in [2.24, 2.45) is 0 Å². The lowest BCUT2D eigenvalue weighted by Crippen LogP contribution is -2.39. The van der Waals surface area contributed by atoms with Crippen LogP contribution >= 0.6 is 0 Å². The number of anilines is 1. The molecule has 0 aliphatic carbocycles. The van der Waals surface area contributed by atoms with Gasteiger partial charge in [0.25, 0.3) is 0 Å². The Morgan fingerprint density at radius 3 is 2.87 bits per heavy atom. The zero-order valence-electron chi connectivity index (χ0n) is 12.7. The van der Waals surface area contributed by atoms with Crippen molar-refractivity contribution in [1.29, 1.82) is 0 Å². The van der Waals surface area contributed by atoms with Gasteiger partial charge in [-0.25, -0.2) is 9.59 Å². The highest BCUT2D eigenvalue weighted by molar-refractivity contribution is 5.70. The lowest BCUT2D eigenvalue weighted by Gasteiger charge is -2.22. The number of nitrogen functional groups attached to an aromatic ring is 1. The topological polar surface area (TPSA) is 146 Å². The van der Waals surface area contributed by atoms with Crippen molar-refractivity contribution in [2.75, 3.05) is 26.1 Å².